The van der Waals surface area contributed by atoms with Gasteiger partial charge in [-0.3, -0.25) is 4.79 Å². The Labute approximate surface area is 157 Å². The number of carbonyl (C=O) groups is 1. The van der Waals surface area contributed by atoms with Crippen LogP contribution in [0.4, 0.5) is 0 Å². The summed E-state index contributed by atoms with van der Waals surface area (Å²) in [5.74, 6) is 0.191. The van der Waals surface area contributed by atoms with E-state index in [1.54, 1.807) is 11.3 Å². The zero-order valence-corrected chi connectivity index (χ0v) is 15.7. The van der Waals surface area contributed by atoms with Crippen LogP contribution in [0.3, 0.4) is 0 Å². The molecular formula is C19H22ClN3OS. The molecule has 4 nitrogen and oxygen atoms in total. The molecule has 1 aromatic heterocycles. The van der Waals surface area contributed by atoms with Gasteiger partial charge in [-0.05, 0) is 37.3 Å². The van der Waals surface area contributed by atoms with E-state index in [0.29, 0.717) is 16.9 Å². The Balaban J connectivity index is 1.38. The minimum atomic E-state index is 0.191. The van der Waals surface area contributed by atoms with E-state index in [2.05, 4.69) is 10.3 Å². The fourth-order valence-electron chi connectivity index (χ4n) is 3.87. The molecule has 0 radical (unpaired) electrons. The molecule has 0 unspecified atom stereocenters. The van der Waals surface area contributed by atoms with E-state index < -0.39 is 0 Å². The molecule has 2 aromatic rings. The molecule has 3 heterocycles. The normalized spacial score (nSPS) is 19.5. The van der Waals surface area contributed by atoms with Crippen LogP contribution in [0.5, 0.6) is 0 Å². The predicted molar refractivity (Wildman–Crippen MR) is 102 cm³/mol. The number of halogens is 1. The number of amides is 1. The molecule has 132 valence electrons. The van der Waals surface area contributed by atoms with E-state index >= 15 is 0 Å². The summed E-state index contributed by atoms with van der Waals surface area (Å²) in [5, 5.41) is 7.02. The Bertz CT molecular complexity index is 760. The van der Waals surface area contributed by atoms with E-state index in [9.17, 15) is 4.79 Å². The Morgan fingerprint density at radius 2 is 2.08 bits per heavy atom. The van der Waals surface area contributed by atoms with Gasteiger partial charge in [-0.25, -0.2) is 4.98 Å². The first kappa shape index (κ1) is 17.0. The van der Waals surface area contributed by atoms with Crippen LogP contribution >= 0.6 is 22.9 Å². The smallest absolute Gasteiger partial charge is 0.228 e. The maximum absolute atomic E-state index is 12.6. The molecule has 1 spiro atoms. The van der Waals surface area contributed by atoms with Crippen molar-refractivity contribution >= 4 is 28.8 Å². The monoisotopic (exact) mass is 375 g/mol. The highest BCUT2D eigenvalue weighted by Crippen LogP contribution is 2.37. The quantitative estimate of drug-likeness (QED) is 0.891. The van der Waals surface area contributed by atoms with E-state index in [1.807, 2.05) is 34.5 Å². The third-order valence-corrected chi connectivity index (χ3v) is 6.75. The maximum Gasteiger partial charge on any atom is 0.228 e. The number of benzene rings is 1. The van der Waals surface area contributed by atoms with Gasteiger partial charge in [0.1, 0.15) is 5.01 Å². The number of carbonyl (C=O) groups excluding carboxylic acids is 1. The van der Waals surface area contributed by atoms with Crippen molar-refractivity contribution in [1.29, 1.82) is 0 Å². The van der Waals surface area contributed by atoms with Gasteiger partial charge in [0.05, 0.1) is 17.1 Å². The first-order valence-corrected chi connectivity index (χ1v) is 10.1. The number of rotatable bonds is 3. The van der Waals surface area contributed by atoms with Crippen molar-refractivity contribution in [2.45, 2.75) is 25.7 Å². The van der Waals surface area contributed by atoms with Gasteiger partial charge >= 0.3 is 0 Å². The minimum Gasteiger partial charge on any atom is -0.342 e. The SMILES string of the molecule is O=C(Cc1csc(-c2ccccc2Cl)n1)N1CCC2(CCNC2)CC1. The summed E-state index contributed by atoms with van der Waals surface area (Å²) in [5.41, 5.74) is 2.21. The number of piperidine rings is 1. The molecule has 25 heavy (non-hydrogen) atoms. The van der Waals surface area contributed by atoms with Gasteiger partial charge in [0, 0.05) is 30.6 Å². The zero-order valence-electron chi connectivity index (χ0n) is 14.1. The fourth-order valence-corrected chi connectivity index (χ4v) is 5.01. The number of likely N-dealkylation sites (tertiary alicyclic amines) is 1. The van der Waals surface area contributed by atoms with Crippen LogP contribution in [0.25, 0.3) is 10.6 Å². The Morgan fingerprint density at radius 3 is 2.80 bits per heavy atom. The minimum absolute atomic E-state index is 0.191. The van der Waals surface area contributed by atoms with E-state index in [0.717, 1.165) is 55.3 Å². The second-order valence-corrected chi connectivity index (χ2v) is 8.37. The Kier molecular flexibility index (Phi) is 4.80. The zero-order chi connectivity index (χ0) is 17.3. The standard InChI is InChI=1S/C19H22ClN3OS/c20-16-4-2-1-3-15(16)18-22-14(12-25-18)11-17(24)23-9-6-19(7-10-23)5-8-21-13-19/h1-4,12,21H,5-11,13H2. The molecule has 4 rings (SSSR count). The molecule has 2 aliphatic heterocycles. The molecular weight excluding hydrogens is 354 g/mol. The first-order chi connectivity index (χ1) is 12.2. The van der Waals surface area contributed by atoms with Gasteiger partial charge in [0.25, 0.3) is 0 Å². The highest BCUT2D eigenvalue weighted by molar-refractivity contribution is 7.13. The van der Waals surface area contributed by atoms with Crippen molar-refractivity contribution in [1.82, 2.24) is 15.2 Å². The molecule has 2 saturated heterocycles. The van der Waals surface area contributed by atoms with Crippen LogP contribution in [-0.2, 0) is 11.2 Å². The number of hydrogen-bond donors (Lipinski definition) is 1. The second-order valence-electron chi connectivity index (χ2n) is 7.11. The van der Waals surface area contributed by atoms with E-state index in [1.165, 1.54) is 6.42 Å². The van der Waals surface area contributed by atoms with Crippen molar-refractivity contribution in [3.8, 4) is 10.6 Å². The number of aromatic nitrogens is 1. The van der Waals surface area contributed by atoms with Gasteiger partial charge in [0.15, 0.2) is 0 Å². The Hall–Kier alpha value is -1.43. The van der Waals surface area contributed by atoms with Crippen LogP contribution in [0.15, 0.2) is 29.6 Å². The number of thiazole rings is 1. The highest BCUT2D eigenvalue weighted by atomic mass is 35.5. The predicted octanol–water partition coefficient (Wildman–Crippen LogP) is 3.61. The summed E-state index contributed by atoms with van der Waals surface area (Å²) in [6.45, 7) is 3.99. The van der Waals surface area contributed by atoms with E-state index in [4.69, 9.17) is 11.6 Å². The lowest BCUT2D eigenvalue weighted by atomic mass is 9.78. The van der Waals surface area contributed by atoms with E-state index in [-0.39, 0.29) is 5.91 Å². The van der Waals surface area contributed by atoms with Gasteiger partial charge in [-0.2, -0.15) is 0 Å². The third-order valence-electron chi connectivity index (χ3n) is 5.50. The first-order valence-electron chi connectivity index (χ1n) is 8.83. The van der Waals surface area contributed by atoms with Crippen LogP contribution < -0.4 is 5.32 Å². The van der Waals surface area contributed by atoms with Crippen LogP contribution in [-0.4, -0.2) is 42.0 Å². The third kappa shape index (κ3) is 3.59. The average Bonchev–Trinajstić information content (AvgIpc) is 3.26. The lowest BCUT2D eigenvalue weighted by Gasteiger charge is -2.38. The average molecular weight is 376 g/mol. The summed E-state index contributed by atoms with van der Waals surface area (Å²) in [7, 11) is 0. The topological polar surface area (TPSA) is 45.2 Å². The second kappa shape index (κ2) is 7.06. The summed E-state index contributed by atoms with van der Waals surface area (Å²) < 4.78 is 0. The molecule has 6 heteroatoms. The van der Waals surface area contributed by atoms with Crippen molar-refractivity contribution in [3.63, 3.8) is 0 Å². The molecule has 1 amide bonds. The molecule has 2 aliphatic rings. The largest absolute Gasteiger partial charge is 0.342 e. The lowest BCUT2D eigenvalue weighted by molar-refractivity contribution is -0.132. The summed E-state index contributed by atoms with van der Waals surface area (Å²) in [6.07, 6.45) is 3.87. The fraction of sp³-hybridized carbons (Fsp3) is 0.474. The number of nitrogens with zero attached hydrogens (tertiary/aromatic N) is 2. The van der Waals surface area contributed by atoms with Gasteiger partial charge in [0.2, 0.25) is 5.91 Å². The van der Waals surface area contributed by atoms with Crippen molar-refractivity contribution < 1.29 is 4.79 Å². The number of nitrogens with one attached hydrogen (secondary N) is 1. The summed E-state index contributed by atoms with van der Waals surface area (Å²) in [6, 6.07) is 7.69. The van der Waals surface area contributed by atoms with Gasteiger partial charge in [-0.15, -0.1) is 11.3 Å². The van der Waals surface area contributed by atoms with Crippen LogP contribution in [0, 0.1) is 5.41 Å². The van der Waals surface area contributed by atoms with Gasteiger partial charge in [-0.1, -0.05) is 29.8 Å². The molecule has 0 bridgehead atoms. The molecule has 0 aliphatic carbocycles. The summed E-state index contributed by atoms with van der Waals surface area (Å²) >= 11 is 7.79. The van der Waals surface area contributed by atoms with Crippen molar-refractivity contribution in [3.05, 3.63) is 40.4 Å². The highest BCUT2D eigenvalue weighted by Gasteiger charge is 2.38. The molecule has 2 fully saturated rings. The maximum atomic E-state index is 12.6. The lowest BCUT2D eigenvalue weighted by Crippen LogP contribution is -2.44. The molecule has 1 N–H and O–H groups in total. The summed E-state index contributed by atoms with van der Waals surface area (Å²) in [4.78, 5) is 19.3. The van der Waals surface area contributed by atoms with Crippen molar-refractivity contribution in [2.24, 2.45) is 5.41 Å². The molecule has 0 atom stereocenters. The van der Waals surface area contributed by atoms with Gasteiger partial charge < -0.3 is 10.2 Å². The molecule has 1 aromatic carbocycles. The van der Waals surface area contributed by atoms with Crippen LogP contribution in [0.1, 0.15) is 25.0 Å². The number of hydrogen-bond acceptors (Lipinski definition) is 4. The Morgan fingerprint density at radius 1 is 1.28 bits per heavy atom. The molecule has 0 saturated carbocycles. The van der Waals surface area contributed by atoms with Crippen molar-refractivity contribution in [2.75, 3.05) is 26.2 Å². The van der Waals surface area contributed by atoms with Crippen LogP contribution in [0.2, 0.25) is 5.02 Å².